The zero-order valence-corrected chi connectivity index (χ0v) is 11.1. The average Bonchev–Trinajstić information content (AvgIpc) is 2.45. The van der Waals surface area contributed by atoms with E-state index in [1.165, 1.54) is 0 Å². The van der Waals surface area contributed by atoms with Crippen LogP contribution < -0.4 is 20.9 Å². The molecule has 100 valence electrons. The van der Waals surface area contributed by atoms with E-state index >= 15 is 0 Å². The SMILES string of the molecule is CN(C)c1cccc(OCc2cc(NN)ccn2)c1. The quantitative estimate of drug-likeness (QED) is 0.634. The van der Waals surface area contributed by atoms with Crippen molar-refractivity contribution in [2.75, 3.05) is 24.4 Å². The highest BCUT2D eigenvalue weighted by Crippen LogP contribution is 2.20. The molecule has 0 spiro atoms. The fourth-order valence-electron chi connectivity index (χ4n) is 1.66. The molecule has 3 N–H and O–H groups in total. The Morgan fingerprint density at radius 3 is 2.84 bits per heavy atom. The summed E-state index contributed by atoms with van der Waals surface area (Å²) in [4.78, 5) is 6.26. The van der Waals surface area contributed by atoms with Crippen LogP contribution in [-0.4, -0.2) is 19.1 Å². The number of pyridine rings is 1. The molecule has 0 aliphatic carbocycles. The largest absolute Gasteiger partial charge is 0.487 e. The van der Waals surface area contributed by atoms with Crippen LogP contribution in [0.3, 0.4) is 0 Å². The van der Waals surface area contributed by atoms with Crippen molar-refractivity contribution in [3.05, 3.63) is 48.3 Å². The first-order valence-electron chi connectivity index (χ1n) is 6.01. The number of hydrogen-bond donors (Lipinski definition) is 2. The number of benzene rings is 1. The molecule has 0 saturated heterocycles. The van der Waals surface area contributed by atoms with Crippen LogP contribution in [0.4, 0.5) is 11.4 Å². The maximum Gasteiger partial charge on any atom is 0.130 e. The number of nitrogens with two attached hydrogens (primary N) is 1. The van der Waals surface area contributed by atoms with Crippen LogP contribution in [0.2, 0.25) is 0 Å². The zero-order valence-electron chi connectivity index (χ0n) is 11.1. The lowest BCUT2D eigenvalue weighted by Crippen LogP contribution is -2.09. The first kappa shape index (κ1) is 13.2. The maximum absolute atomic E-state index is 5.72. The second kappa shape index (κ2) is 6.06. The summed E-state index contributed by atoms with van der Waals surface area (Å²) in [6.07, 6.45) is 1.70. The predicted octanol–water partition coefficient (Wildman–Crippen LogP) is 2.01. The standard InChI is InChI=1S/C14H18N4O/c1-18(2)13-4-3-5-14(9-13)19-10-12-8-11(17-15)6-7-16-12/h3-9H,10,15H2,1-2H3,(H,16,17). The summed E-state index contributed by atoms with van der Waals surface area (Å²) in [5.41, 5.74) is 5.33. The Morgan fingerprint density at radius 1 is 1.26 bits per heavy atom. The Balaban J connectivity index is 2.03. The van der Waals surface area contributed by atoms with Gasteiger partial charge in [-0.15, -0.1) is 0 Å². The van der Waals surface area contributed by atoms with Crippen molar-refractivity contribution in [2.45, 2.75) is 6.61 Å². The van der Waals surface area contributed by atoms with E-state index in [1.54, 1.807) is 12.3 Å². The number of hydrogen-bond acceptors (Lipinski definition) is 5. The first-order chi connectivity index (χ1) is 9.19. The van der Waals surface area contributed by atoms with Crippen molar-refractivity contribution in [3.8, 4) is 5.75 Å². The number of aromatic nitrogens is 1. The highest BCUT2D eigenvalue weighted by Gasteiger charge is 2.01. The van der Waals surface area contributed by atoms with E-state index in [9.17, 15) is 0 Å². The van der Waals surface area contributed by atoms with Gasteiger partial charge in [0.05, 0.1) is 11.4 Å². The van der Waals surface area contributed by atoms with E-state index in [1.807, 2.05) is 49.3 Å². The third-order valence-electron chi connectivity index (χ3n) is 2.70. The Kier molecular flexibility index (Phi) is 4.20. The third kappa shape index (κ3) is 3.59. The van der Waals surface area contributed by atoms with Crippen molar-refractivity contribution >= 4 is 11.4 Å². The van der Waals surface area contributed by atoms with Crippen molar-refractivity contribution in [1.29, 1.82) is 0 Å². The van der Waals surface area contributed by atoms with Gasteiger partial charge in [-0.05, 0) is 24.3 Å². The molecule has 5 heteroatoms. The molecule has 2 aromatic rings. The molecule has 1 aromatic heterocycles. The zero-order chi connectivity index (χ0) is 13.7. The molecule has 2 rings (SSSR count). The van der Waals surface area contributed by atoms with Crippen molar-refractivity contribution in [3.63, 3.8) is 0 Å². The van der Waals surface area contributed by atoms with Gasteiger partial charge in [0, 0.05) is 32.0 Å². The number of rotatable bonds is 5. The van der Waals surface area contributed by atoms with E-state index in [0.29, 0.717) is 6.61 Å². The van der Waals surface area contributed by atoms with Crippen LogP contribution >= 0.6 is 0 Å². The molecule has 1 heterocycles. The number of nitrogens with one attached hydrogen (secondary N) is 1. The van der Waals surface area contributed by atoms with Crippen LogP contribution in [0.1, 0.15) is 5.69 Å². The maximum atomic E-state index is 5.72. The molecule has 0 aliphatic heterocycles. The molecule has 0 bridgehead atoms. The smallest absolute Gasteiger partial charge is 0.130 e. The van der Waals surface area contributed by atoms with Crippen molar-refractivity contribution in [1.82, 2.24) is 4.98 Å². The second-order valence-corrected chi connectivity index (χ2v) is 4.36. The summed E-state index contributed by atoms with van der Waals surface area (Å²) in [5, 5.41) is 0. The summed E-state index contributed by atoms with van der Waals surface area (Å²) >= 11 is 0. The van der Waals surface area contributed by atoms with E-state index in [2.05, 4.69) is 10.4 Å². The van der Waals surface area contributed by atoms with Gasteiger partial charge in [-0.1, -0.05) is 6.07 Å². The summed E-state index contributed by atoms with van der Waals surface area (Å²) in [6.45, 7) is 0.409. The first-order valence-corrected chi connectivity index (χ1v) is 6.01. The molecular weight excluding hydrogens is 240 g/mol. The summed E-state index contributed by atoms with van der Waals surface area (Å²) < 4.78 is 5.72. The van der Waals surface area contributed by atoms with Gasteiger partial charge in [0.25, 0.3) is 0 Å². The molecular formula is C14H18N4O. The van der Waals surface area contributed by atoms with Gasteiger partial charge in [-0.2, -0.15) is 0 Å². The van der Waals surface area contributed by atoms with Crippen LogP contribution in [-0.2, 0) is 6.61 Å². The Bertz CT molecular complexity index is 542. The van der Waals surface area contributed by atoms with E-state index in [-0.39, 0.29) is 0 Å². The van der Waals surface area contributed by atoms with Gasteiger partial charge in [0.2, 0.25) is 0 Å². The Hall–Kier alpha value is -2.27. The highest BCUT2D eigenvalue weighted by molar-refractivity contribution is 5.49. The Labute approximate surface area is 113 Å². The lowest BCUT2D eigenvalue weighted by molar-refractivity contribution is 0.301. The van der Waals surface area contributed by atoms with Gasteiger partial charge in [0.1, 0.15) is 12.4 Å². The van der Waals surface area contributed by atoms with Crippen molar-refractivity contribution < 1.29 is 4.74 Å². The van der Waals surface area contributed by atoms with Crippen molar-refractivity contribution in [2.24, 2.45) is 5.84 Å². The van der Waals surface area contributed by atoms with Crippen LogP contribution in [0.5, 0.6) is 5.75 Å². The van der Waals surface area contributed by atoms with Crippen LogP contribution in [0, 0.1) is 0 Å². The summed E-state index contributed by atoms with van der Waals surface area (Å²) in [7, 11) is 3.99. The monoisotopic (exact) mass is 258 g/mol. The number of ether oxygens (including phenoxy) is 1. The molecule has 0 saturated carbocycles. The lowest BCUT2D eigenvalue weighted by Gasteiger charge is -2.14. The topological polar surface area (TPSA) is 63.4 Å². The minimum Gasteiger partial charge on any atom is -0.487 e. The number of anilines is 2. The van der Waals surface area contributed by atoms with Gasteiger partial charge >= 0.3 is 0 Å². The number of nitrogen functional groups attached to an aromatic ring is 1. The number of nitrogens with zero attached hydrogens (tertiary/aromatic N) is 2. The van der Waals surface area contributed by atoms with Crippen LogP contribution in [0.15, 0.2) is 42.6 Å². The molecule has 0 atom stereocenters. The molecule has 0 amide bonds. The molecule has 0 unspecified atom stereocenters. The van der Waals surface area contributed by atoms with E-state index in [0.717, 1.165) is 22.8 Å². The molecule has 0 fully saturated rings. The van der Waals surface area contributed by atoms with Gasteiger partial charge in [-0.3, -0.25) is 10.8 Å². The second-order valence-electron chi connectivity index (χ2n) is 4.36. The lowest BCUT2D eigenvalue weighted by atomic mass is 10.3. The third-order valence-corrected chi connectivity index (χ3v) is 2.70. The summed E-state index contributed by atoms with van der Waals surface area (Å²) in [5.74, 6) is 6.17. The highest BCUT2D eigenvalue weighted by atomic mass is 16.5. The summed E-state index contributed by atoms with van der Waals surface area (Å²) in [6, 6.07) is 11.6. The molecule has 0 radical (unpaired) electrons. The fraction of sp³-hybridized carbons (Fsp3) is 0.214. The molecule has 5 nitrogen and oxygen atoms in total. The van der Waals surface area contributed by atoms with Crippen LogP contribution in [0.25, 0.3) is 0 Å². The minimum atomic E-state index is 0.409. The number of hydrazine groups is 1. The molecule has 1 aromatic carbocycles. The fourth-order valence-corrected chi connectivity index (χ4v) is 1.66. The van der Waals surface area contributed by atoms with Gasteiger partial charge < -0.3 is 15.1 Å². The van der Waals surface area contributed by atoms with Gasteiger partial charge in [-0.25, -0.2) is 0 Å². The van der Waals surface area contributed by atoms with Gasteiger partial charge in [0.15, 0.2) is 0 Å². The minimum absolute atomic E-state index is 0.409. The Morgan fingerprint density at radius 2 is 2.11 bits per heavy atom. The predicted molar refractivity (Wildman–Crippen MR) is 77.1 cm³/mol. The van der Waals surface area contributed by atoms with E-state index < -0.39 is 0 Å². The molecule has 0 aliphatic rings. The van der Waals surface area contributed by atoms with E-state index in [4.69, 9.17) is 10.6 Å². The normalized spacial score (nSPS) is 10.1. The average molecular weight is 258 g/mol. The molecule has 19 heavy (non-hydrogen) atoms.